The van der Waals surface area contributed by atoms with E-state index in [2.05, 4.69) is 63.2 Å². The Morgan fingerprint density at radius 2 is 2.00 bits per heavy atom. The average Bonchev–Trinajstić information content (AvgIpc) is 2.69. The van der Waals surface area contributed by atoms with E-state index in [9.17, 15) is 0 Å². The van der Waals surface area contributed by atoms with Gasteiger partial charge in [0.1, 0.15) is 0 Å². The van der Waals surface area contributed by atoms with E-state index in [4.69, 9.17) is 11.6 Å². The first kappa shape index (κ1) is 15.5. The molecule has 0 saturated heterocycles. The molecule has 102 valence electrons. The standard InChI is InChI=1S/C14H14Br2ClNS/c1-3-18-13(14-11(16)6-8(2)19-14)9-4-5-10(15)12(17)7-9/h4-7,13,18H,3H2,1-2H3. The molecule has 0 aliphatic carbocycles. The van der Waals surface area contributed by atoms with Gasteiger partial charge in [-0.25, -0.2) is 0 Å². The molecule has 0 spiro atoms. The van der Waals surface area contributed by atoms with Gasteiger partial charge in [-0.3, -0.25) is 0 Å². The molecular formula is C14H14Br2ClNS. The van der Waals surface area contributed by atoms with Gasteiger partial charge in [0.05, 0.1) is 11.1 Å². The fourth-order valence-electron chi connectivity index (χ4n) is 1.96. The zero-order valence-corrected chi connectivity index (χ0v) is 15.4. The first-order valence-electron chi connectivity index (χ1n) is 5.97. The Kier molecular flexibility index (Phi) is 5.49. The predicted octanol–water partition coefficient (Wildman–Crippen LogP) is 5.93. The molecule has 19 heavy (non-hydrogen) atoms. The number of benzene rings is 1. The Morgan fingerprint density at radius 1 is 1.26 bits per heavy atom. The molecule has 1 N–H and O–H groups in total. The van der Waals surface area contributed by atoms with E-state index in [0.717, 1.165) is 20.5 Å². The minimum atomic E-state index is 0.170. The molecular weight excluding hydrogens is 409 g/mol. The smallest absolute Gasteiger partial charge is 0.0683 e. The first-order chi connectivity index (χ1) is 9.02. The number of hydrogen-bond donors (Lipinski definition) is 1. The number of aryl methyl sites for hydroxylation is 1. The van der Waals surface area contributed by atoms with Crippen molar-refractivity contribution in [1.29, 1.82) is 0 Å². The highest BCUT2D eigenvalue weighted by atomic mass is 79.9. The second-order valence-electron chi connectivity index (χ2n) is 4.23. The summed E-state index contributed by atoms with van der Waals surface area (Å²) in [4.78, 5) is 2.59. The van der Waals surface area contributed by atoms with Crippen LogP contribution in [-0.4, -0.2) is 6.54 Å². The monoisotopic (exact) mass is 421 g/mol. The summed E-state index contributed by atoms with van der Waals surface area (Å²) in [5, 5.41) is 4.26. The lowest BCUT2D eigenvalue weighted by molar-refractivity contribution is 0.638. The molecule has 0 fully saturated rings. The third kappa shape index (κ3) is 3.61. The molecule has 1 aromatic heterocycles. The van der Waals surface area contributed by atoms with E-state index in [1.807, 2.05) is 12.1 Å². The van der Waals surface area contributed by atoms with Gasteiger partial charge in [-0.15, -0.1) is 11.3 Å². The maximum Gasteiger partial charge on any atom is 0.0683 e. The number of hydrogen-bond acceptors (Lipinski definition) is 2. The van der Waals surface area contributed by atoms with Gasteiger partial charge >= 0.3 is 0 Å². The van der Waals surface area contributed by atoms with Gasteiger partial charge in [-0.05, 0) is 69.1 Å². The highest BCUT2D eigenvalue weighted by Gasteiger charge is 2.19. The van der Waals surface area contributed by atoms with Gasteiger partial charge in [0.15, 0.2) is 0 Å². The Bertz CT molecular complexity index is 583. The fourth-order valence-corrected chi connectivity index (χ4v) is 4.38. The van der Waals surface area contributed by atoms with Crippen LogP contribution in [0, 0.1) is 6.92 Å². The minimum absolute atomic E-state index is 0.170. The molecule has 1 unspecified atom stereocenters. The lowest BCUT2D eigenvalue weighted by Crippen LogP contribution is -2.21. The maximum atomic E-state index is 6.21. The maximum absolute atomic E-state index is 6.21. The van der Waals surface area contributed by atoms with Gasteiger partial charge in [0.2, 0.25) is 0 Å². The van der Waals surface area contributed by atoms with Gasteiger partial charge < -0.3 is 5.32 Å². The van der Waals surface area contributed by atoms with Crippen molar-refractivity contribution in [3.05, 3.63) is 53.6 Å². The highest BCUT2D eigenvalue weighted by Crippen LogP contribution is 2.37. The lowest BCUT2D eigenvalue weighted by Gasteiger charge is -2.18. The predicted molar refractivity (Wildman–Crippen MR) is 91.4 cm³/mol. The van der Waals surface area contributed by atoms with Crippen molar-refractivity contribution in [3.63, 3.8) is 0 Å². The van der Waals surface area contributed by atoms with Crippen LogP contribution in [0.15, 0.2) is 33.2 Å². The van der Waals surface area contributed by atoms with Crippen LogP contribution in [0.2, 0.25) is 5.02 Å². The lowest BCUT2D eigenvalue weighted by atomic mass is 10.1. The van der Waals surface area contributed by atoms with E-state index in [-0.39, 0.29) is 6.04 Å². The summed E-state index contributed by atoms with van der Waals surface area (Å²) in [5.74, 6) is 0. The second kappa shape index (κ2) is 6.72. The zero-order valence-electron chi connectivity index (χ0n) is 10.6. The fraction of sp³-hybridized carbons (Fsp3) is 0.286. The van der Waals surface area contributed by atoms with Gasteiger partial charge in [-0.1, -0.05) is 24.6 Å². The summed E-state index contributed by atoms with van der Waals surface area (Å²) < 4.78 is 2.08. The van der Waals surface area contributed by atoms with Gasteiger partial charge in [0, 0.05) is 18.7 Å². The van der Waals surface area contributed by atoms with Crippen molar-refractivity contribution in [2.75, 3.05) is 6.54 Å². The number of halogens is 3. The summed E-state index contributed by atoms with van der Waals surface area (Å²) in [6, 6.07) is 8.44. The molecule has 1 aromatic carbocycles. The zero-order chi connectivity index (χ0) is 14.0. The van der Waals surface area contributed by atoms with Crippen molar-refractivity contribution in [2.24, 2.45) is 0 Å². The molecule has 1 nitrogen and oxygen atoms in total. The van der Waals surface area contributed by atoms with Crippen molar-refractivity contribution >= 4 is 54.8 Å². The summed E-state index contributed by atoms with van der Waals surface area (Å²) in [6.45, 7) is 5.14. The highest BCUT2D eigenvalue weighted by molar-refractivity contribution is 9.10. The third-order valence-electron chi connectivity index (χ3n) is 2.78. The summed E-state index contributed by atoms with van der Waals surface area (Å²) in [5.41, 5.74) is 1.18. The van der Waals surface area contributed by atoms with Crippen LogP contribution in [-0.2, 0) is 0 Å². The summed E-state index contributed by atoms with van der Waals surface area (Å²) >= 11 is 15.1. The Balaban J connectivity index is 2.44. The van der Waals surface area contributed by atoms with Crippen LogP contribution in [0.5, 0.6) is 0 Å². The largest absolute Gasteiger partial charge is 0.306 e. The van der Waals surface area contributed by atoms with Crippen molar-refractivity contribution in [3.8, 4) is 0 Å². The average molecular weight is 424 g/mol. The van der Waals surface area contributed by atoms with Crippen LogP contribution in [0.3, 0.4) is 0 Å². The van der Waals surface area contributed by atoms with Crippen LogP contribution in [0.1, 0.15) is 28.3 Å². The normalized spacial score (nSPS) is 12.7. The van der Waals surface area contributed by atoms with E-state index in [0.29, 0.717) is 0 Å². The SMILES string of the molecule is CCNC(c1ccc(Br)c(Cl)c1)c1sc(C)cc1Br. The summed E-state index contributed by atoms with van der Waals surface area (Å²) in [6.07, 6.45) is 0. The second-order valence-corrected chi connectivity index (χ2v) is 7.64. The van der Waals surface area contributed by atoms with Crippen LogP contribution in [0.25, 0.3) is 0 Å². The molecule has 1 atom stereocenters. The quantitative estimate of drug-likeness (QED) is 0.642. The molecule has 0 saturated carbocycles. The topological polar surface area (TPSA) is 12.0 Å². The minimum Gasteiger partial charge on any atom is -0.306 e. The number of thiophene rings is 1. The van der Waals surface area contributed by atoms with Crippen molar-refractivity contribution in [2.45, 2.75) is 19.9 Å². The molecule has 0 bridgehead atoms. The Labute approximate surface area is 139 Å². The van der Waals surface area contributed by atoms with Crippen LogP contribution < -0.4 is 5.32 Å². The molecule has 0 radical (unpaired) electrons. The molecule has 1 heterocycles. The Morgan fingerprint density at radius 3 is 2.53 bits per heavy atom. The van der Waals surface area contributed by atoms with Crippen LogP contribution >= 0.6 is 54.8 Å². The van der Waals surface area contributed by atoms with Crippen molar-refractivity contribution in [1.82, 2.24) is 5.32 Å². The number of rotatable bonds is 4. The Hall–Kier alpha value is 0.130. The van der Waals surface area contributed by atoms with Crippen LogP contribution in [0.4, 0.5) is 0 Å². The molecule has 0 aliphatic rings. The van der Waals surface area contributed by atoms with Gasteiger partial charge in [0.25, 0.3) is 0 Å². The third-order valence-corrected chi connectivity index (χ3v) is 6.05. The number of nitrogens with one attached hydrogen (secondary N) is 1. The summed E-state index contributed by atoms with van der Waals surface area (Å²) in [7, 11) is 0. The molecule has 2 aromatic rings. The molecule has 2 rings (SSSR count). The van der Waals surface area contributed by atoms with E-state index in [1.165, 1.54) is 15.3 Å². The van der Waals surface area contributed by atoms with E-state index in [1.54, 1.807) is 11.3 Å². The molecule has 5 heteroatoms. The van der Waals surface area contributed by atoms with E-state index < -0.39 is 0 Å². The van der Waals surface area contributed by atoms with Crippen molar-refractivity contribution < 1.29 is 0 Å². The first-order valence-corrected chi connectivity index (χ1v) is 8.75. The molecule has 0 aliphatic heterocycles. The van der Waals surface area contributed by atoms with Gasteiger partial charge in [-0.2, -0.15) is 0 Å². The molecule has 0 amide bonds. The van der Waals surface area contributed by atoms with E-state index >= 15 is 0 Å².